The van der Waals surface area contributed by atoms with E-state index in [1.165, 1.54) is 12.3 Å². The number of carbonyl (C=O) groups is 2. The monoisotopic (exact) mass is 285 g/mol. The van der Waals surface area contributed by atoms with Crippen LogP contribution < -0.4 is 5.73 Å². The van der Waals surface area contributed by atoms with E-state index in [4.69, 9.17) is 5.73 Å². The van der Waals surface area contributed by atoms with Gasteiger partial charge >= 0.3 is 0 Å². The highest BCUT2D eigenvalue weighted by atomic mass is 19.1. The van der Waals surface area contributed by atoms with Crippen molar-refractivity contribution < 1.29 is 14.0 Å². The molecule has 0 bridgehead atoms. The molecule has 6 heteroatoms. The van der Waals surface area contributed by atoms with E-state index in [0.29, 0.717) is 5.56 Å². The molecule has 0 aliphatic carbocycles. The van der Waals surface area contributed by atoms with Crippen LogP contribution in [0.5, 0.6) is 0 Å². The van der Waals surface area contributed by atoms with Crippen molar-refractivity contribution in [1.82, 2.24) is 9.88 Å². The van der Waals surface area contributed by atoms with Gasteiger partial charge < -0.3 is 5.73 Å². The van der Waals surface area contributed by atoms with Gasteiger partial charge in [0.25, 0.3) is 11.8 Å². The minimum atomic E-state index is -0.625. The standard InChI is InChI=1S/C15H12FN3O2/c1-8(9-5-10(16)7-18-6-9)19-14(20)11-3-2-4-12(17)13(11)15(19)21/h2-8H,17H2,1H3. The zero-order chi connectivity index (χ0) is 15.1. The van der Waals surface area contributed by atoms with Crippen LogP contribution in [0.1, 0.15) is 39.2 Å². The Morgan fingerprint density at radius 3 is 2.67 bits per heavy atom. The van der Waals surface area contributed by atoms with Gasteiger partial charge in [-0.15, -0.1) is 0 Å². The van der Waals surface area contributed by atoms with Gasteiger partial charge in [0, 0.05) is 11.9 Å². The average Bonchev–Trinajstić information content (AvgIpc) is 2.71. The van der Waals surface area contributed by atoms with Crippen molar-refractivity contribution in [2.45, 2.75) is 13.0 Å². The molecule has 1 atom stereocenters. The highest BCUT2D eigenvalue weighted by Crippen LogP contribution is 2.33. The van der Waals surface area contributed by atoms with Gasteiger partial charge in [-0.2, -0.15) is 0 Å². The van der Waals surface area contributed by atoms with Gasteiger partial charge in [0.2, 0.25) is 0 Å². The Labute approximate surface area is 120 Å². The van der Waals surface area contributed by atoms with Gasteiger partial charge in [0.1, 0.15) is 5.82 Å². The number of nitrogen functional groups attached to an aromatic ring is 1. The first-order chi connectivity index (χ1) is 10.0. The van der Waals surface area contributed by atoms with Gasteiger partial charge in [-0.25, -0.2) is 4.39 Å². The molecule has 106 valence electrons. The predicted octanol–water partition coefficient (Wildman–Crippen LogP) is 2.16. The third-order valence-corrected chi connectivity index (χ3v) is 3.57. The summed E-state index contributed by atoms with van der Waals surface area (Å²) in [7, 11) is 0. The van der Waals surface area contributed by atoms with Crippen LogP contribution in [-0.4, -0.2) is 21.7 Å². The molecule has 0 saturated heterocycles. The number of imide groups is 1. The summed E-state index contributed by atoms with van der Waals surface area (Å²) in [5, 5.41) is 0. The van der Waals surface area contributed by atoms with Crippen molar-refractivity contribution in [2.75, 3.05) is 5.73 Å². The summed E-state index contributed by atoms with van der Waals surface area (Å²) < 4.78 is 13.3. The van der Waals surface area contributed by atoms with Crippen LogP contribution in [-0.2, 0) is 0 Å². The van der Waals surface area contributed by atoms with E-state index >= 15 is 0 Å². The van der Waals surface area contributed by atoms with Crippen LogP contribution in [0, 0.1) is 5.82 Å². The van der Waals surface area contributed by atoms with Crippen LogP contribution in [0.2, 0.25) is 0 Å². The fraction of sp³-hybridized carbons (Fsp3) is 0.133. The van der Waals surface area contributed by atoms with E-state index in [-0.39, 0.29) is 16.8 Å². The molecule has 0 fully saturated rings. The van der Waals surface area contributed by atoms with E-state index in [2.05, 4.69) is 4.98 Å². The minimum Gasteiger partial charge on any atom is -0.398 e. The molecule has 2 N–H and O–H groups in total. The molecule has 1 aliphatic rings. The number of rotatable bonds is 2. The van der Waals surface area contributed by atoms with Crippen molar-refractivity contribution in [1.29, 1.82) is 0 Å². The largest absolute Gasteiger partial charge is 0.398 e. The Hall–Kier alpha value is -2.76. The molecule has 2 amide bonds. The number of halogens is 1. The molecule has 1 unspecified atom stereocenters. The second kappa shape index (κ2) is 4.66. The fourth-order valence-electron chi connectivity index (χ4n) is 2.49. The molecule has 2 heterocycles. The number of hydrogen-bond acceptors (Lipinski definition) is 4. The SMILES string of the molecule is CC(c1cncc(F)c1)N1C(=O)c2cccc(N)c2C1=O. The normalized spacial score (nSPS) is 15.2. The van der Waals surface area contributed by atoms with E-state index in [1.807, 2.05) is 0 Å². The number of nitrogens with zero attached hydrogens (tertiary/aromatic N) is 2. The Morgan fingerprint density at radius 2 is 2.00 bits per heavy atom. The molecule has 2 aromatic rings. The van der Waals surface area contributed by atoms with Gasteiger partial charge in [0.15, 0.2) is 0 Å². The average molecular weight is 285 g/mol. The maximum Gasteiger partial charge on any atom is 0.264 e. The number of carbonyl (C=O) groups excluding carboxylic acids is 2. The smallest absolute Gasteiger partial charge is 0.264 e. The third kappa shape index (κ3) is 1.96. The van der Waals surface area contributed by atoms with Crippen molar-refractivity contribution >= 4 is 17.5 Å². The molecule has 5 nitrogen and oxygen atoms in total. The zero-order valence-corrected chi connectivity index (χ0v) is 11.2. The maximum absolute atomic E-state index is 13.3. The zero-order valence-electron chi connectivity index (χ0n) is 11.2. The van der Waals surface area contributed by atoms with E-state index in [1.54, 1.807) is 25.1 Å². The third-order valence-electron chi connectivity index (χ3n) is 3.57. The first-order valence-corrected chi connectivity index (χ1v) is 6.37. The molecule has 1 aromatic heterocycles. The highest BCUT2D eigenvalue weighted by Gasteiger charge is 2.40. The minimum absolute atomic E-state index is 0.207. The summed E-state index contributed by atoms with van der Waals surface area (Å²) >= 11 is 0. The van der Waals surface area contributed by atoms with Crippen molar-refractivity contribution in [3.05, 3.63) is 59.2 Å². The molecular weight excluding hydrogens is 273 g/mol. The fourth-order valence-corrected chi connectivity index (χ4v) is 2.49. The summed E-state index contributed by atoms with van der Waals surface area (Å²) in [6, 6.07) is 5.38. The Bertz CT molecular complexity index is 760. The number of pyridine rings is 1. The van der Waals surface area contributed by atoms with Gasteiger partial charge in [-0.1, -0.05) is 6.07 Å². The number of hydrogen-bond donors (Lipinski definition) is 1. The molecule has 1 aliphatic heterocycles. The van der Waals surface area contributed by atoms with Gasteiger partial charge in [-0.3, -0.25) is 19.5 Å². The topological polar surface area (TPSA) is 76.3 Å². The van der Waals surface area contributed by atoms with Crippen molar-refractivity contribution in [3.8, 4) is 0 Å². The predicted molar refractivity (Wildman–Crippen MR) is 74.0 cm³/mol. The summed E-state index contributed by atoms with van der Waals surface area (Å²) in [5.74, 6) is -1.42. The lowest BCUT2D eigenvalue weighted by Gasteiger charge is -2.22. The first-order valence-electron chi connectivity index (χ1n) is 6.37. The number of nitrogens with two attached hydrogens (primary N) is 1. The Balaban J connectivity index is 2.04. The number of fused-ring (bicyclic) bond motifs is 1. The quantitative estimate of drug-likeness (QED) is 0.677. The Morgan fingerprint density at radius 1 is 1.24 bits per heavy atom. The Kier molecular flexibility index (Phi) is 2.94. The van der Waals surface area contributed by atoms with Crippen molar-refractivity contribution in [3.63, 3.8) is 0 Å². The molecular formula is C15H12FN3O2. The summed E-state index contributed by atoms with van der Waals surface area (Å²) in [5.41, 5.74) is 6.97. The van der Waals surface area contributed by atoms with Gasteiger partial charge in [-0.05, 0) is 30.7 Å². The van der Waals surface area contributed by atoms with E-state index < -0.39 is 23.7 Å². The van der Waals surface area contributed by atoms with E-state index in [9.17, 15) is 14.0 Å². The lowest BCUT2D eigenvalue weighted by atomic mass is 10.1. The second-order valence-electron chi connectivity index (χ2n) is 4.86. The molecule has 3 rings (SSSR count). The molecule has 21 heavy (non-hydrogen) atoms. The first kappa shape index (κ1) is 13.2. The highest BCUT2D eigenvalue weighted by molar-refractivity contribution is 6.23. The summed E-state index contributed by atoms with van der Waals surface area (Å²) in [6.45, 7) is 1.65. The molecule has 0 spiro atoms. The maximum atomic E-state index is 13.3. The van der Waals surface area contributed by atoms with Crippen LogP contribution in [0.25, 0.3) is 0 Å². The summed E-state index contributed by atoms with van der Waals surface area (Å²) in [4.78, 5) is 29.7. The number of amides is 2. The second-order valence-corrected chi connectivity index (χ2v) is 4.86. The van der Waals surface area contributed by atoms with Crippen LogP contribution >= 0.6 is 0 Å². The number of aromatic nitrogens is 1. The lowest BCUT2D eigenvalue weighted by molar-refractivity contribution is 0.0595. The molecule has 0 radical (unpaired) electrons. The molecule has 1 aromatic carbocycles. The van der Waals surface area contributed by atoms with Crippen LogP contribution in [0.4, 0.5) is 10.1 Å². The van der Waals surface area contributed by atoms with E-state index in [0.717, 1.165) is 11.1 Å². The van der Waals surface area contributed by atoms with Crippen molar-refractivity contribution in [2.24, 2.45) is 0 Å². The summed E-state index contributed by atoms with van der Waals surface area (Å²) in [6.07, 6.45) is 2.50. The number of benzene rings is 1. The van der Waals surface area contributed by atoms with Crippen LogP contribution in [0.3, 0.4) is 0 Å². The molecule has 0 saturated carbocycles. The van der Waals surface area contributed by atoms with Crippen LogP contribution in [0.15, 0.2) is 36.7 Å². The number of anilines is 1. The lowest BCUT2D eigenvalue weighted by Crippen LogP contribution is -2.32. The van der Waals surface area contributed by atoms with Gasteiger partial charge in [0.05, 0.1) is 23.4 Å².